The van der Waals surface area contributed by atoms with E-state index in [0.29, 0.717) is 55.7 Å². The van der Waals surface area contributed by atoms with Gasteiger partial charge in [-0.1, -0.05) is 11.2 Å². The summed E-state index contributed by atoms with van der Waals surface area (Å²) in [5.74, 6) is 0.695. The van der Waals surface area contributed by atoms with Crippen molar-refractivity contribution in [3.63, 3.8) is 0 Å². The molecule has 29 heavy (non-hydrogen) atoms. The summed E-state index contributed by atoms with van der Waals surface area (Å²) in [6, 6.07) is 8.87. The molecule has 0 radical (unpaired) electrons. The van der Waals surface area contributed by atoms with Crippen LogP contribution in [0.4, 0.5) is 5.69 Å². The molecule has 3 aromatic rings. The summed E-state index contributed by atoms with van der Waals surface area (Å²) in [7, 11) is 0. The third-order valence-electron chi connectivity index (χ3n) is 4.50. The summed E-state index contributed by atoms with van der Waals surface area (Å²) in [6.07, 6.45) is 0.544. The molecule has 2 aromatic heterocycles. The highest BCUT2D eigenvalue weighted by Gasteiger charge is 2.19. The number of carbonyl (C=O) groups is 2. The molecule has 1 N–H and O–H groups in total. The van der Waals surface area contributed by atoms with Crippen molar-refractivity contribution in [1.82, 2.24) is 15.0 Å². The number of benzene rings is 1. The zero-order valence-corrected chi connectivity index (χ0v) is 16.5. The number of ether oxygens (including phenoxy) is 1. The fourth-order valence-corrected chi connectivity index (χ4v) is 3.62. The number of anilines is 1. The molecule has 8 nitrogen and oxygen atoms in total. The first-order chi connectivity index (χ1) is 14.2. The minimum Gasteiger partial charge on any atom is -0.378 e. The molecule has 0 atom stereocenters. The smallest absolute Gasteiger partial charge is 0.254 e. The monoisotopic (exact) mass is 412 g/mol. The summed E-state index contributed by atoms with van der Waals surface area (Å²) < 4.78 is 10.5. The molecular formula is C20H20N4O4S. The predicted molar refractivity (Wildman–Crippen MR) is 108 cm³/mol. The highest BCUT2D eigenvalue weighted by Crippen LogP contribution is 2.19. The van der Waals surface area contributed by atoms with E-state index in [9.17, 15) is 9.59 Å². The second-order valence-corrected chi connectivity index (χ2v) is 7.34. The lowest BCUT2D eigenvalue weighted by molar-refractivity contribution is -0.116. The molecule has 0 spiro atoms. The third-order valence-corrected chi connectivity index (χ3v) is 5.19. The number of thiophene rings is 1. The van der Waals surface area contributed by atoms with E-state index in [-0.39, 0.29) is 18.2 Å². The van der Waals surface area contributed by atoms with Gasteiger partial charge in [0, 0.05) is 48.1 Å². The van der Waals surface area contributed by atoms with Crippen LogP contribution in [0, 0.1) is 0 Å². The number of rotatable bonds is 6. The van der Waals surface area contributed by atoms with Gasteiger partial charge in [-0.15, -0.1) is 0 Å². The molecule has 0 bridgehead atoms. The maximum absolute atomic E-state index is 12.6. The molecule has 1 aliphatic heterocycles. The standard InChI is InChI=1S/C20H20N4O4S/c25-17(4-5-18-22-19(23-28-18)15-6-11-29-13-15)21-16-3-1-2-14(12-16)20(26)24-7-9-27-10-8-24/h1-3,6,11-13H,4-5,7-10H2,(H,21,25). The van der Waals surface area contributed by atoms with Crippen molar-refractivity contribution in [1.29, 1.82) is 0 Å². The Morgan fingerprint density at radius 3 is 2.86 bits per heavy atom. The molecule has 1 saturated heterocycles. The lowest BCUT2D eigenvalue weighted by atomic mass is 10.1. The highest BCUT2D eigenvalue weighted by molar-refractivity contribution is 7.08. The van der Waals surface area contributed by atoms with E-state index in [4.69, 9.17) is 9.26 Å². The predicted octanol–water partition coefficient (Wildman–Crippen LogP) is 2.84. The molecule has 0 unspecified atom stereocenters. The minimum absolute atomic E-state index is 0.0591. The normalized spacial score (nSPS) is 14.0. The number of hydrogen-bond donors (Lipinski definition) is 1. The van der Waals surface area contributed by atoms with Gasteiger partial charge in [-0.3, -0.25) is 9.59 Å². The first kappa shape index (κ1) is 19.3. The van der Waals surface area contributed by atoms with Crippen LogP contribution in [0.15, 0.2) is 45.6 Å². The zero-order valence-electron chi connectivity index (χ0n) is 15.7. The summed E-state index contributed by atoms with van der Waals surface area (Å²) in [5.41, 5.74) is 2.02. The molecule has 4 rings (SSSR count). The molecule has 1 fully saturated rings. The Hall–Kier alpha value is -3.04. The fourth-order valence-electron chi connectivity index (χ4n) is 2.99. The van der Waals surface area contributed by atoms with E-state index >= 15 is 0 Å². The number of nitrogens with zero attached hydrogens (tertiary/aromatic N) is 3. The summed E-state index contributed by atoms with van der Waals surface area (Å²) >= 11 is 1.56. The number of amides is 2. The van der Waals surface area contributed by atoms with E-state index in [0.717, 1.165) is 5.56 Å². The van der Waals surface area contributed by atoms with Gasteiger partial charge in [-0.25, -0.2) is 0 Å². The van der Waals surface area contributed by atoms with Gasteiger partial charge >= 0.3 is 0 Å². The summed E-state index contributed by atoms with van der Waals surface area (Å²) in [6.45, 7) is 2.25. The number of morpholine rings is 1. The molecule has 150 valence electrons. The Labute approximate surface area is 171 Å². The maximum atomic E-state index is 12.6. The largest absolute Gasteiger partial charge is 0.378 e. The SMILES string of the molecule is O=C(CCc1nc(-c2ccsc2)no1)Nc1cccc(C(=O)N2CCOCC2)c1. The third kappa shape index (κ3) is 4.87. The molecule has 1 aliphatic rings. The second kappa shape index (κ2) is 8.97. The van der Waals surface area contributed by atoms with Crippen LogP contribution in [0.3, 0.4) is 0 Å². The van der Waals surface area contributed by atoms with Gasteiger partial charge in [0.2, 0.25) is 17.6 Å². The Morgan fingerprint density at radius 1 is 1.21 bits per heavy atom. The minimum atomic E-state index is -0.184. The number of carbonyl (C=O) groups excluding carboxylic acids is 2. The number of hydrogen-bond acceptors (Lipinski definition) is 7. The first-order valence-corrected chi connectivity index (χ1v) is 10.3. The van der Waals surface area contributed by atoms with Crippen LogP contribution in [0.2, 0.25) is 0 Å². The van der Waals surface area contributed by atoms with Crippen molar-refractivity contribution >= 4 is 28.8 Å². The molecule has 2 amide bonds. The van der Waals surface area contributed by atoms with Crippen LogP contribution in [-0.2, 0) is 16.0 Å². The number of aromatic nitrogens is 2. The average molecular weight is 412 g/mol. The van der Waals surface area contributed by atoms with E-state index in [2.05, 4.69) is 15.5 Å². The molecule has 0 aliphatic carbocycles. The average Bonchev–Trinajstić information content (AvgIpc) is 3.44. The van der Waals surface area contributed by atoms with Crippen molar-refractivity contribution in [2.24, 2.45) is 0 Å². The van der Waals surface area contributed by atoms with Crippen molar-refractivity contribution in [3.8, 4) is 11.4 Å². The quantitative estimate of drug-likeness (QED) is 0.669. The van der Waals surface area contributed by atoms with Crippen LogP contribution in [0.1, 0.15) is 22.7 Å². The van der Waals surface area contributed by atoms with E-state index in [1.54, 1.807) is 40.5 Å². The van der Waals surface area contributed by atoms with E-state index < -0.39 is 0 Å². The second-order valence-electron chi connectivity index (χ2n) is 6.56. The van der Waals surface area contributed by atoms with Crippen LogP contribution >= 0.6 is 11.3 Å². The lowest BCUT2D eigenvalue weighted by Gasteiger charge is -2.27. The van der Waals surface area contributed by atoms with Crippen LogP contribution in [0.25, 0.3) is 11.4 Å². The van der Waals surface area contributed by atoms with Gasteiger partial charge in [0.25, 0.3) is 5.91 Å². The Morgan fingerprint density at radius 2 is 2.07 bits per heavy atom. The van der Waals surface area contributed by atoms with E-state index in [1.165, 1.54) is 0 Å². The van der Waals surface area contributed by atoms with Gasteiger partial charge in [-0.05, 0) is 29.6 Å². The van der Waals surface area contributed by atoms with Gasteiger partial charge in [0.15, 0.2) is 0 Å². The fraction of sp³-hybridized carbons (Fsp3) is 0.300. The number of aryl methyl sites for hydroxylation is 1. The van der Waals surface area contributed by atoms with Gasteiger partial charge in [-0.2, -0.15) is 16.3 Å². The first-order valence-electron chi connectivity index (χ1n) is 9.31. The van der Waals surface area contributed by atoms with Crippen LogP contribution < -0.4 is 5.32 Å². The van der Waals surface area contributed by atoms with Crippen molar-refractivity contribution < 1.29 is 18.8 Å². The van der Waals surface area contributed by atoms with Crippen molar-refractivity contribution in [3.05, 3.63) is 52.5 Å². The van der Waals surface area contributed by atoms with E-state index in [1.807, 2.05) is 16.8 Å². The number of nitrogens with one attached hydrogen (secondary N) is 1. The van der Waals surface area contributed by atoms with Crippen LogP contribution in [-0.4, -0.2) is 53.2 Å². The summed E-state index contributed by atoms with van der Waals surface area (Å²) in [4.78, 5) is 30.9. The molecule has 1 aromatic carbocycles. The van der Waals surface area contributed by atoms with Gasteiger partial charge in [0.1, 0.15) is 0 Å². The Kier molecular flexibility index (Phi) is 5.97. The van der Waals surface area contributed by atoms with Crippen molar-refractivity contribution in [2.75, 3.05) is 31.6 Å². The Balaban J connectivity index is 1.32. The molecular weight excluding hydrogens is 392 g/mol. The van der Waals surface area contributed by atoms with Crippen molar-refractivity contribution in [2.45, 2.75) is 12.8 Å². The van der Waals surface area contributed by atoms with Gasteiger partial charge < -0.3 is 19.5 Å². The lowest BCUT2D eigenvalue weighted by Crippen LogP contribution is -2.40. The molecule has 0 saturated carbocycles. The molecule has 9 heteroatoms. The Bertz CT molecular complexity index is 980. The maximum Gasteiger partial charge on any atom is 0.254 e. The zero-order chi connectivity index (χ0) is 20.1. The van der Waals surface area contributed by atoms with Crippen LogP contribution in [0.5, 0.6) is 0 Å². The van der Waals surface area contributed by atoms with Gasteiger partial charge in [0.05, 0.1) is 13.2 Å². The summed E-state index contributed by atoms with van der Waals surface area (Å²) in [5, 5.41) is 10.6. The molecule has 3 heterocycles. The topological polar surface area (TPSA) is 97.6 Å². The highest BCUT2D eigenvalue weighted by atomic mass is 32.1.